The number of rotatable bonds is 19. The Morgan fingerprint density at radius 3 is 1.80 bits per heavy atom. The first-order valence-electron chi connectivity index (χ1n) is 10.9. The van der Waals surface area contributed by atoms with E-state index in [-0.39, 0.29) is 19.3 Å². The van der Waals surface area contributed by atoms with E-state index in [1.165, 1.54) is 11.8 Å². The molecule has 0 rings (SSSR count). The monoisotopic (exact) mass is 521 g/mol. The van der Waals surface area contributed by atoms with Crippen molar-refractivity contribution < 1.29 is 44.1 Å². The Hall–Kier alpha value is -2.91. The maximum Gasteiger partial charge on any atom is 0.326 e. The minimum atomic E-state index is -1.48. The number of amides is 3. The van der Waals surface area contributed by atoms with Crippen LogP contribution in [0.15, 0.2) is 0 Å². The first-order valence-corrected chi connectivity index (χ1v) is 12.3. The Labute approximate surface area is 206 Å². The van der Waals surface area contributed by atoms with Gasteiger partial charge in [-0.25, -0.2) is 4.79 Å². The van der Waals surface area contributed by atoms with Gasteiger partial charge in [0.2, 0.25) is 17.7 Å². The average molecular weight is 522 g/mol. The van der Waals surface area contributed by atoms with Gasteiger partial charge >= 0.3 is 17.9 Å². The standard InChI is InChI=1S/C20H35N5O9S/c1-35-9-7-13(19(32)25-14(20(33)34)4-2-3-8-21)24-18(31)12(5-6-15(26)27)23-17(30)11(22)10-16(28)29/h11-14H,2-10,21-22H2,1H3,(H,23,30)(H,24,31)(H,25,32)(H,26,27)(H,28,29)(H,33,34). The van der Waals surface area contributed by atoms with Crippen LogP contribution in [0.25, 0.3) is 0 Å². The third-order valence-corrected chi connectivity index (χ3v) is 5.46. The summed E-state index contributed by atoms with van der Waals surface area (Å²) < 4.78 is 0. The van der Waals surface area contributed by atoms with E-state index >= 15 is 0 Å². The van der Waals surface area contributed by atoms with E-state index in [1.54, 1.807) is 6.26 Å². The van der Waals surface area contributed by atoms with Gasteiger partial charge in [0.05, 0.1) is 12.5 Å². The number of carboxylic acids is 3. The average Bonchev–Trinajstić information content (AvgIpc) is 2.77. The Kier molecular flexibility index (Phi) is 16.1. The minimum Gasteiger partial charge on any atom is -0.481 e. The van der Waals surface area contributed by atoms with Crippen molar-refractivity contribution in [1.29, 1.82) is 0 Å². The molecule has 0 fully saturated rings. The van der Waals surface area contributed by atoms with Gasteiger partial charge in [-0.3, -0.25) is 24.0 Å². The van der Waals surface area contributed by atoms with Gasteiger partial charge in [-0.1, -0.05) is 0 Å². The Balaban J connectivity index is 5.49. The SMILES string of the molecule is CSCCC(NC(=O)C(CCC(=O)O)NC(=O)C(N)CC(=O)O)C(=O)NC(CCCCN)C(=O)O. The molecule has 0 aliphatic rings. The van der Waals surface area contributed by atoms with Crippen molar-refractivity contribution in [2.24, 2.45) is 11.5 Å². The zero-order valence-electron chi connectivity index (χ0n) is 19.5. The largest absolute Gasteiger partial charge is 0.481 e. The van der Waals surface area contributed by atoms with Crippen LogP contribution in [0.4, 0.5) is 0 Å². The lowest BCUT2D eigenvalue weighted by Crippen LogP contribution is -2.57. The Morgan fingerprint density at radius 2 is 1.31 bits per heavy atom. The van der Waals surface area contributed by atoms with Crippen molar-refractivity contribution in [3.8, 4) is 0 Å². The zero-order chi connectivity index (χ0) is 27.0. The van der Waals surface area contributed by atoms with Gasteiger partial charge in [-0.05, 0) is 50.7 Å². The number of nitrogens with one attached hydrogen (secondary N) is 3. The number of hydrogen-bond acceptors (Lipinski definition) is 9. The van der Waals surface area contributed by atoms with E-state index < -0.39 is 72.6 Å². The summed E-state index contributed by atoms with van der Waals surface area (Å²) in [6, 6.07) is -5.25. The Morgan fingerprint density at radius 1 is 0.771 bits per heavy atom. The highest BCUT2D eigenvalue weighted by atomic mass is 32.2. The molecule has 14 nitrogen and oxygen atoms in total. The molecule has 4 atom stereocenters. The maximum absolute atomic E-state index is 12.9. The molecule has 0 spiro atoms. The van der Waals surface area contributed by atoms with E-state index in [1.807, 2.05) is 0 Å². The van der Waals surface area contributed by atoms with E-state index in [9.17, 15) is 33.9 Å². The number of nitrogens with two attached hydrogens (primary N) is 2. The molecule has 0 aliphatic heterocycles. The molecular weight excluding hydrogens is 486 g/mol. The number of carbonyl (C=O) groups is 6. The van der Waals surface area contributed by atoms with Crippen molar-refractivity contribution in [2.75, 3.05) is 18.6 Å². The number of carboxylic acid groups (broad SMARTS) is 3. The van der Waals surface area contributed by atoms with Crippen molar-refractivity contribution in [2.45, 2.75) is 69.1 Å². The molecule has 15 heteroatoms. The Bertz CT molecular complexity index is 752. The topological polar surface area (TPSA) is 251 Å². The van der Waals surface area contributed by atoms with E-state index in [2.05, 4.69) is 16.0 Å². The van der Waals surface area contributed by atoms with Crippen LogP contribution < -0.4 is 27.4 Å². The predicted molar refractivity (Wildman–Crippen MR) is 126 cm³/mol. The van der Waals surface area contributed by atoms with E-state index in [4.69, 9.17) is 21.7 Å². The molecule has 0 saturated carbocycles. The van der Waals surface area contributed by atoms with Crippen LogP contribution in [0.3, 0.4) is 0 Å². The molecule has 200 valence electrons. The summed E-state index contributed by atoms with van der Waals surface area (Å²) in [5.41, 5.74) is 10.9. The molecule has 10 N–H and O–H groups in total. The van der Waals surface area contributed by atoms with E-state index in [0.717, 1.165) is 0 Å². The fourth-order valence-electron chi connectivity index (χ4n) is 2.90. The van der Waals surface area contributed by atoms with Gasteiger partial charge < -0.3 is 42.7 Å². The van der Waals surface area contributed by atoms with Gasteiger partial charge in [0, 0.05) is 6.42 Å². The lowest BCUT2D eigenvalue weighted by atomic mass is 10.1. The molecule has 0 aromatic carbocycles. The number of carbonyl (C=O) groups excluding carboxylic acids is 3. The molecule has 0 radical (unpaired) electrons. The van der Waals surface area contributed by atoms with Crippen molar-refractivity contribution in [3.05, 3.63) is 0 Å². The quantitative estimate of drug-likeness (QED) is 0.0865. The van der Waals surface area contributed by atoms with Crippen LogP contribution in [0.1, 0.15) is 44.9 Å². The summed E-state index contributed by atoms with van der Waals surface area (Å²) in [7, 11) is 0. The second kappa shape index (κ2) is 17.5. The van der Waals surface area contributed by atoms with Crippen molar-refractivity contribution in [3.63, 3.8) is 0 Å². The van der Waals surface area contributed by atoms with Crippen molar-refractivity contribution >= 4 is 47.4 Å². The summed E-state index contributed by atoms with van der Waals surface area (Å²) in [4.78, 5) is 71.1. The highest BCUT2D eigenvalue weighted by Crippen LogP contribution is 2.07. The third kappa shape index (κ3) is 14.2. The van der Waals surface area contributed by atoms with Crippen LogP contribution >= 0.6 is 11.8 Å². The summed E-state index contributed by atoms with van der Waals surface area (Å²) >= 11 is 1.38. The summed E-state index contributed by atoms with van der Waals surface area (Å²) in [6.45, 7) is 0.367. The second-order valence-corrected chi connectivity index (χ2v) is 8.71. The van der Waals surface area contributed by atoms with Crippen LogP contribution in [-0.2, 0) is 28.8 Å². The molecule has 0 aliphatic carbocycles. The first kappa shape index (κ1) is 32.1. The van der Waals surface area contributed by atoms with Crippen LogP contribution in [0, 0.1) is 0 Å². The van der Waals surface area contributed by atoms with Gasteiger partial charge in [0.25, 0.3) is 0 Å². The van der Waals surface area contributed by atoms with Crippen LogP contribution in [0.2, 0.25) is 0 Å². The van der Waals surface area contributed by atoms with Crippen LogP contribution in [0.5, 0.6) is 0 Å². The maximum atomic E-state index is 12.9. The lowest BCUT2D eigenvalue weighted by molar-refractivity contribution is -0.142. The lowest BCUT2D eigenvalue weighted by Gasteiger charge is -2.25. The summed E-state index contributed by atoms with van der Waals surface area (Å²) in [5.74, 6) is -6.02. The van der Waals surface area contributed by atoms with Gasteiger partial charge in [0.1, 0.15) is 18.1 Å². The normalized spacial score (nSPS) is 14.1. The molecule has 0 aromatic rings. The first-order chi connectivity index (χ1) is 16.4. The molecule has 0 aromatic heterocycles. The predicted octanol–water partition coefficient (Wildman–Crippen LogP) is -1.93. The highest BCUT2D eigenvalue weighted by molar-refractivity contribution is 7.98. The van der Waals surface area contributed by atoms with E-state index in [0.29, 0.717) is 25.1 Å². The number of aliphatic carboxylic acids is 3. The number of thioether (sulfide) groups is 1. The van der Waals surface area contributed by atoms with Gasteiger partial charge in [-0.15, -0.1) is 0 Å². The summed E-state index contributed by atoms with van der Waals surface area (Å²) in [6.07, 6.45) is 1.52. The molecule has 0 bridgehead atoms. The van der Waals surface area contributed by atoms with Gasteiger partial charge in [0.15, 0.2) is 0 Å². The molecular formula is C20H35N5O9S. The number of hydrogen-bond donors (Lipinski definition) is 8. The smallest absolute Gasteiger partial charge is 0.326 e. The van der Waals surface area contributed by atoms with Crippen LogP contribution in [-0.4, -0.2) is 93.7 Å². The molecule has 4 unspecified atom stereocenters. The van der Waals surface area contributed by atoms with Crippen molar-refractivity contribution in [1.82, 2.24) is 16.0 Å². The molecule has 0 heterocycles. The summed E-state index contributed by atoms with van der Waals surface area (Å²) in [5, 5.41) is 34.2. The number of unbranched alkanes of at least 4 members (excludes halogenated alkanes) is 1. The fraction of sp³-hybridized carbons (Fsp3) is 0.700. The van der Waals surface area contributed by atoms with Gasteiger partial charge in [-0.2, -0.15) is 11.8 Å². The second-order valence-electron chi connectivity index (χ2n) is 7.72. The zero-order valence-corrected chi connectivity index (χ0v) is 20.3. The molecule has 35 heavy (non-hydrogen) atoms. The fourth-order valence-corrected chi connectivity index (χ4v) is 3.37. The molecule has 0 saturated heterocycles. The third-order valence-electron chi connectivity index (χ3n) is 4.82. The molecule has 3 amide bonds. The minimum absolute atomic E-state index is 0.131. The highest BCUT2D eigenvalue weighted by Gasteiger charge is 2.30.